The zero-order valence-corrected chi connectivity index (χ0v) is 12.2. The van der Waals surface area contributed by atoms with Crippen LogP contribution in [0, 0.1) is 0 Å². The smallest absolute Gasteiger partial charge is 0.303 e. The lowest BCUT2D eigenvalue weighted by Crippen LogP contribution is -2.24. The lowest BCUT2D eigenvalue weighted by Gasteiger charge is -2.24. The Bertz CT molecular complexity index is 442. The van der Waals surface area contributed by atoms with E-state index in [9.17, 15) is 4.79 Å². The normalized spacial score (nSPS) is 15.0. The van der Waals surface area contributed by atoms with E-state index in [1.54, 1.807) is 0 Å². The molecule has 1 N–H and O–H groups in total. The first-order valence-corrected chi connectivity index (χ1v) is 7.40. The third kappa shape index (κ3) is 4.23. The Labute approximate surface area is 121 Å². The van der Waals surface area contributed by atoms with Gasteiger partial charge in [0.2, 0.25) is 0 Å². The molecule has 1 fully saturated rings. The van der Waals surface area contributed by atoms with E-state index in [2.05, 4.69) is 41.1 Å². The molecule has 4 nitrogen and oxygen atoms in total. The number of carboxylic acids is 1. The fourth-order valence-corrected chi connectivity index (χ4v) is 2.78. The van der Waals surface area contributed by atoms with Gasteiger partial charge in [-0.2, -0.15) is 0 Å². The SMILES string of the molecule is CN(CCCC(=O)O)Cc1ccccc1N1CCCC1. The average molecular weight is 276 g/mol. The van der Waals surface area contributed by atoms with Crippen molar-refractivity contribution in [1.82, 2.24) is 4.90 Å². The van der Waals surface area contributed by atoms with Crippen LogP contribution in [0.25, 0.3) is 0 Å². The number of carboxylic acid groups (broad SMARTS) is 1. The molecule has 110 valence electrons. The maximum atomic E-state index is 10.5. The first kappa shape index (κ1) is 14.9. The fourth-order valence-electron chi connectivity index (χ4n) is 2.78. The topological polar surface area (TPSA) is 43.8 Å². The minimum absolute atomic E-state index is 0.248. The molecule has 1 saturated heterocycles. The zero-order valence-electron chi connectivity index (χ0n) is 12.2. The van der Waals surface area contributed by atoms with Gasteiger partial charge < -0.3 is 14.9 Å². The Kier molecular flexibility index (Phi) is 5.41. The van der Waals surface area contributed by atoms with Gasteiger partial charge in [-0.3, -0.25) is 4.79 Å². The molecule has 0 bridgehead atoms. The van der Waals surface area contributed by atoms with E-state index in [0.29, 0.717) is 6.42 Å². The van der Waals surface area contributed by atoms with Crippen LogP contribution in [0.5, 0.6) is 0 Å². The number of aliphatic carboxylic acids is 1. The van der Waals surface area contributed by atoms with Gasteiger partial charge in [-0.05, 0) is 44.5 Å². The zero-order chi connectivity index (χ0) is 14.4. The molecule has 0 saturated carbocycles. The fraction of sp³-hybridized carbons (Fsp3) is 0.562. The molecule has 0 radical (unpaired) electrons. The van der Waals surface area contributed by atoms with Gasteiger partial charge in [-0.15, -0.1) is 0 Å². The molecule has 1 aromatic carbocycles. The maximum absolute atomic E-state index is 10.5. The van der Waals surface area contributed by atoms with Gasteiger partial charge in [0.25, 0.3) is 0 Å². The highest BCUT2D eigenvalue weighted by Crippen LogP contribution is 2.25. The third-order valence-electron chi connectivity index (χ3n) is 3.81. The van der Waals surface area contributed by atoms with E-state index in [4.69, 9.17) is 5.11 Å². The highest BCUT2D eigenvalue weighted by atomic mass is 16.4. The van der Waals surface area contributed by atoms with Crippen LogP contribution in [-0.2, 0) is 11.3 Å². The van der Waals surface area contributed by atoms with Crippen LogP contribution in [0.4, 0.5) is 5.69 Å². The lowest BCUT2D eigenvalue weighted by atomic mass is 10.1. The van der Waals surface area contributed by atoms with Gasteiger partial charge in [0.05, 0.1) is 0 Å². The van der Waals surface area contributed by atoms with Crippen LogP contribution >= 0.6 is 0 Å². The van der Waals surface area contributed by atoms with Gasteiger partial charge in [0, 0.05) is 31.7 Å². The second-order valence-corrected chi connectivity index (χ2v) is 5.56. The number of carbonyl (C=O) groups is 1. The van der Waals surface area contributed by atoms with Crippen LogP contribution in [0.2, 0.25) is 0 Å². The summed E-state index contributed by atoms with van der Waals surface area (Å²) in [6, 6.07) is 8.56. The van der Waals surface area contributed by atoms with Crippen molar-refractivity contribution in [3.05, 3.63) is 29.8 Å². The number of para-hydroxylation sites is 1. The predicted octanol–water partition coefficient (Wildman–Crippen LogP) is 2.58. The molecule has 0 aromatic heterocycles. The maximum Gasteiger partial charge on any atom is 0.303 e. The molecule has 0 aliphatic carbocycles. The van der Waals surface area contributed by atoms with E-state index < -0.39 is 5.97 Å². The largest absolute Gasteiger partial charge is 0.481 e. The van der Waals surface area contributed by atoms with Crippen molar-refractivity contribution >= 4 is 11.7 Å². The van der Waals surface area contributed by atoms with Crippen molar-refractivity contribution in [1.29, 1.82) is 0 Å². The van der Waals surface area contributed by atoms with Crippen molar-refractivity contribution < 1.29 is 9.90 Å². The number of hydrogen-bond acceptors (Lipinski definition) is 3. The molecule has 20 heavy (non-hydrogen) atoms. The van der Waals surface area contributed by atoms with E-state index in [1.165, 1.54) is 24.1 Å². The predicted molar refractivity (Wildman–Crippen MR) is 81.1 cm³/mol. The van der Waals surface area contributed by atoms with E-state index in [1.807, 2.05) is 0 Å². The van der Waals surface area contributed by atoms with Crippen LogP contribution in [0.15, 0.2) is 24.3 Å². The monoisotopic (exact) mass is 276 g/mol. The van der Waals surface area contributed by atoms with Gasteiger partial charge in [-0.25, -0.2) is 0 Å². The summed E-state index contributed by atoms with van der Waals surface area (Å²) in [5.74, 6) is -0.712. The molecule has 2 rings (SSSR count). The highest BCUT2D eigenvalue weighted by Gasteiger charge is 2.15. The Hall–Kier alpha value is -1.55. The molecule has 1 aliphatic heterocycles. The Morgan fingerprint density at radius 2 is 2.00 bits per heavy atom. The minimum Gasteiger partial charge on any atom is -0.481 e. The molecular weight excluding hydrogens is 252 g/mol. The molecule has 0 atom stereocenters. The minimum atomic E-state index is -0.712. The number of rotatable bonds is 7. The molecule has 0 amide bonds. The second-order valence-electron chi connectivity index (χ2n) is 5.56. The first-order valence-electron chi connectivity index (χ1n) is 7.40. The molecule has 4 heteroatoms. The number of hydrogen-bond donors (Lipinski definition) is 1. The van der Waals surface area contributed by atoms with Gasteiger partial charge >= 0.3 is 5.97 Å². The standard InChI is InChI=1S/C16H24N2O2/c1-17(10-6-9-16(19)20)13-14-7-2-3-8-15(14)18-11-4-5-12-18/h2-3,7-8H,4-6,9-13H2,1H3,(H,19,20). The first-order chi connectivity index (χ1) is 9.66. The number of nitrogens with zero attached hydrogens (tertiary/aromatic N) is 2. The van der Waals surface area contributed by atoms with Gasteiger partial charge in [0.1, 0.15) is 0 Å². The Morgan fingerprint density at radius 3 is 2.70 bits per heavy atom. The molecule has 0 spiro atoms. The van der Waals surface area contributed by atoms with E-state index in [0.717, 1.165) is 26.2 Å². The number of anilines is 1. The van der Waals surface area contributed by atoms with Crippen molar-refractivity contribution in [3.8, 4) is 0 Å². The third-order valence-corrected chi connectivity index (χ3v) is 3.81. The molecule has 1 heterocycles. The van der Waals surface area contributed by atoms with E-state index in [-0.39, 0.29) is 6.42 Å². The summed E-state index contributed by atoms with van der Waals surface area (Å²) in [6.45, 7) is 4.01. The van der Waals surface area contributed by atoms with Crippen molar-refractivity contribution in [2.45, 2.75) is 32.2 Å². The average Bonchev–Trinajstić information content (AvgIpc) is 2.92. The molecule has 1 aliphatic rings. The van der Waals surface area contributed by atoms with Crippen LogP contribution in [-0.4, -0.2) is 42.7 Å². The van der Waals surface area contributed by atoms with Gasteiger partial charge in [-0.1, -0.05) is 18.2 Å². The Balaban J connectivity index is 1.92. The summed E-state index contributed by atoms with van der Waals surface area (Å²) in [7, 11) is 2.06. The Morgan fingerprint density at radius 1 is 1.30 bits per heavy atom. The summed E-state index contributed by atoms with van der Waals surface area (Å²) in [5.41, 5.74) is 2.68. The summed E-state index contributed by atoms with van der Waals surface area (Å²) in [4.78, 5) is 15.2. The van der Waals surface area contributed by atoms with Gasteiger partial charge in [0.15, 0.2) is 0 Å². The quantitative estimate of drug-likeness (QED) is 0.831. The highest BCUT2D eigenvalue weighted by molar-refractivity contribution is 5.66. The summed E-state index contributed by atoms with van der Waals surface area (Å²) < 4.78 is 0. The van der Waals surface area contributed by atoms with Crippen molar-refractivity contribution in [2.75, 3.05) is 31.6 Å². The lowest BCUT2D eigenvalue weighted by molar-refractivity contribution is -0.137. The summed E-state index contributed by atoms with van der Waals surface area (Å²) >= 11 is 0. The van der Waals surface area contributed by atoms with Crippen LogP contribution < -0.4 is 4.90 Å². The number of benzene rings is 1. The summed E-state index contributed by atoms with van der Waals surface area (Å²) in [5, 5.41) is 8.68. The van der Waals surface area contributed by atoms with E-state index >= 15 is 0 Å². The van der Waals surface area contributed by atoms with Crippen molar-refractivity contribution in [2.24, 2.45) is 0 Å². The second kappa shape index (κ2) is 7.29. The molecule has 0 unspecified atom stereocenters. The van der Waals surface area contributed by atoms with Crippen molar-refractivity contribution in [3.63, 3.8) is 0 Å². The van der Waals surface area contributed by atoms with Crippen LogP contribution in [0.3, 0.4) is 0 Å². The molecular formula is C16H24N2O2. The summed E-state index contributed by atoms with van der Waals surface area (Å²) in [6.07, 6.45) is 3.52. The van der Waals surface area contributed by atoms with Crippen LogP contribution in [0.1, 0.15) is 31.2 Å². The molecule has 1 aromatic rings.